The maximum atomic E-state index is 12.5. The van der Waals surface area contributed by atoms with Crippen molar-refractivity contribution in [2.45, 2.75) is 45.6 Å². The predicted octanol–water partition coefficient (Wildman–Crippen LogP) is 2.50. The summed E-state index contributed by atoms with van der Waals surface area (Å²) in [6.07, 6.45) is 4.14. The first-order valence-corrected chi connectivity index (χ1v) is 7.58. The fraction of sp³-hybridized carbons (Fsp3) is 0.588. The topological polar surface area (TPSA) is 55.1 Å². The van der Waals surface area contributed by atoms with Gasteiger partial charge in [0, 0.05) is 11.5 Å². The highest BCUT2D eigenvalue weighted by atomic mass is 16.2. The maximum Gasteiger partial charge on any atom is 0.226 e. The van der Waals surface area contributed by atoms with E-state index in [0.717, 1.165) is 19.3 Å². The van der Waals surface area contributed by atoms with Crippen molar-refractivity contribution in [2.75, 3.05) is 6.54 Å². The summed E-state index contributed by atoms with van der Waals surface area (Å²) in [6, 6.07) is 10.5. The predicted molar refractivity (Wildman–Crippen MR) is 82.3 cm³/mol. The molecule has 20 heavy (non-hydrogen) atoms. The quantitative estimate of drug-likeness (QED) is 0.866. The normalized spacial score (nSPS) is 22.8. The van der Waals surface area contributed by atoms with Crippen LogP contribution in [0.4, 0.5) is 0 Å². The average molecular weight is 274 g/mol. The highest BCUT2D eigenvalue weighted by molar-refractivity contribution is 5.82. The Balaban J connectivity index is 1.96. The van der Waals surface area contributed by atoms with Crippen molar-refractivity contribution in [3.05, 3.63) is 35.9 Å². The van der Waals surface area contributed by atoms with Crippen molar-refractivity contribution in [1.82, 2.24) is 5.32 Å². The summed E-state index contributed by atoms with van der Waals surface area (Å²) in [4.78, 5) is 12.5. The molecule has 0 aromatic heterocycles. The molecule has 2 unspecified atom stereocenters. The van der Waals surface area contributed by atoms with Crippen LogP contribution in [0.2, 0.25) is 0 Å². The van der Waals surface area contributed by atoms with E-state index in [1.54, 1.807) is 0 Å². The molecule has 1 aliphatic rings. The zero-order chi connectivity index (χ0) is 14.6. The van der Waals surface area contributed by atoms with Crippen LogP contribution in [-0.2, 0) is 11.2 Å². The Morgan fingerprint density at radius 2 is 2.00 bits per heavy atom. The van der Waals surface area contributed by atoms with Crippen molar-refractivity contribution in [2.24, 2.45) is 17.1 Å². The van der Waals surface area contributed by atoms with Gasteiger partial charge >= 0.3 is 0 Å². The Bertz CT molecular complexity index is 442. The summed E-state index contributed by atoms with van der Waals surface area (Å²) in [5.74, 6) is 0.596. The molecule has 2 rings (SSSR count). The summed E-state index contributed by atoms with van der Waals surface area (Å²) in [5.41, 5.74) is 6.60. The molecule has 0 bridgehead atoms. The lowest BCUT2D eigenvalue weighted by atomic mass is 9.84. The van der Waals surface area contributed by atoms with Crippen LogP contribution < -0.4 is 11.1 Å². The fourth-order valence-corrected chi connectivity index (χ4v) is 3.06. The van der Waals surface area contributed by atoms with Gasteiger partial charge in [-0.3, -0.25) is 4.79 Å². The van der Waals surface area contributed by atoms with Gasteiger partial charge in [0.25, 0.3) is 0 Å². The van der Waals surface area contributed by atoms with Gasteiger partial charge in [-0.25, -0.2) is 0 Å². The number of hydrogen-bond donors (Lipinski definition) is 2. The third kappa shape index (κ3) is 3.60. The van der Waals surface area contributed by atoms with E-state index in [-0.39, 0.29) is 17.4 Å². The number of nitrogens with one attached hydrogen (secondary N) is 1. The summed E-state index contributed by atoms with van der Waals surface area (Å²) < 4.78 is 0. The van der Waals surface area contributed by atoms with Gasteiger partial charge in [0.2, 0.25) is 5.91 Å². The van der Waals surface area contributed by atoms with Crippen LogP contribution in [0.5, 0.6) is 0 Å². The van der Waals surface area contributed by atoms with Gasteiger partial charge in [0.1, 0.15) is 0 Å². The second kappa shape index (κ2) is 6.40. The SMILES string of the molecule is CC(C)(Cc1ccccc1)C(=O)NC1CCCC1CN. The highest BCUT2D eigenvalue weighted by Gasteiger charge is 2.33. The van der Waals surface area contributed by atoms with Crippen LogP contribution in [0.25, 0.3) is 0 Å². The lowest BCUT2D eigenvalue weighted by Gasteiger charge is -2.28. The van der Waals surface area contributed by atoms with Crippen LogP contribution in [0.15, 0.2) is 30.3 Å². The molecule has 3 N–H and O–H groups in total. The number of benzene rings is 1. The van der Waals surface area contributed by atoms with Gasteiger partial charge in [-0.1, -0.05) is 50.6 Å². The number of carbonyl (C=O) groups is 1. The Kier molecular flexibility index (Phi) is 4.81. The van der Waals surface area contributed by atoms with Gasteiger partial charge in [0.05, 0.1) is 0 Å². The molecule has 110 valence electrons. The molecule has 0 aliphatic heterocycles. The van der Waals surface area contributed by atoms with E-state index in [0.29, 0.717) is 12.5 Å². The second-order valence-corrected chi connectivity index (χ2v) is 6.55. The number of nitrogens with two attached hydrogens (primary N) is 1. The first-order chi connectivity index (χ1) is 9.53. The molecule has 0 heterocycles. The van der Waals surface area contributed by atoms with Gasteiger partial charge in [-0.2, -0.15) is 0 Å². The monoisotopic (exact) mass is 274 g/mol. The van der Waals surface area contributed by atoms with Crippen LogP contribution in [0.1, 0.15) is 38.7 Å². The minimum atomic E-state index is -0.386. The van der Waals surface area contributed by atoms with Crippen LogP contribution in [0, 0.1) is 11.3 Å². The molecule has 1 aromatic carbocycles. The zero-order valence-corrected chi connectivity index (χ0v) is 12.6. The average Bonchev–Trinajstić information content (AvgIpc) is 2.86. The minimum Gasteiger partial charge on any atom is -0.353 e. The van der Waals surface area contributed by atoms with E-state index >= 15 is 0 Å². The fourth-order valence-electron chi connectivity index (χ4n) is 3.06. The van der Waals surface area contributed by atoms with E-state index < -0.39 is 0 Å². The summed E-state index contributed by atoms with van der Waals surface area (Å²) in [6.45, 7) is 4.70. The second-order valence-electron chi connectivity index (χ2n) is 6.55. The Labute approximate surface area is 121 Å². The van der Waals surface area contributed by atoms with Crippen LogP contribution in [-0.4, -0.2) is 18.5 Å². The summed E-state index contributed by atoms with van der Waals surface area (Å²) in [5, 5.41) is 3.22. The van der Waals surface area contributed by atoms with Crippen LogP contribution >= 0.6 is 0 Å². The number of hydrogen-bond acceptors (Lipinski definition) is 2. The van der Waals surface area contributed by atoms with Crippen molar-refractivity contribution in [3.63, 3.8) is 0 Å². The first kappa shape index (κ1) is 15.0. The van der Waals surface area contributed by atoms with Crippen molar-refractivity contribution >= 4 is 5.91 Å². The molecule has 0 saturated heterocycles. The number of amides is 1. The van der Waals surface area contributed by atoms with E-state index in [1.165, 1.54) is 12.0 Å². The highest BCUT2D eigenvalue weighted by Crippen LogP contribution is 2.27. The molecule has 1 aromatic rings. The van der Waals surface area contributed by atoms with Crippen molar-refractivity contribution in [3.8, 4) is 0 Å². The molecular weight excluding hydrogens is 248 g/mol. The van der Waals surface area contributed by atoms with Crippen molar-refractivity contribution in [1.29, 1.82) is 0 Å². The molecule has 1 amide bonds. The molecule has 1 aliphatic carbocycles. The molecule has 0 radical (unpaired) electrons. The summed E-state index contributed by atoms with van der Waals surface area (Å²) >= 11 is 0. The van der Waals surface area contributed by atoms with E-state index in [9.17, 15) is 4.79 Å². The molecule has 0 spiro atoms. The van der Waals surface area contributed by atoms with E-state index in [1.807, 2.05) is 32.0 Å². The van der Waals surface area contributed by atoms with Gasteiger partial charge in [-0.05, 0) is 37.3 Å². The molecular formula is C17H26N2O. The van der Waals surface area contributed by atoms with Gasteiger partial charge < -0.3 is 11.1 Å². The lowest BCUT2D eigenvalue weighted by Crippen LogP contribution is -2.46. The first-order valence-electron chi connectivity index (χ1n) is 7.58. The van der Waals surface area contributed by atoms with Gasteiger partial charge in [0.15, 0.2) is 0 Å². The van der Waals surface area contributed by atoms with Crippen molar-refractivity contribution < 1.29 is 4.79 Å². The Morgan fingerprint density at radius 3 is 2.65 bits per heavy atom. The number of carbonyl (C=O) groups excluding carboxylic acids is 1. The largest absolute Gasteiger partial charge is 0.353 e. The molecule has 1 saturated carbocycles. The molecule has 3 heteroatoms. The number of rotatable bonds is 5. The summed E-state index contributed by atoms with van der Waals surface area (Å²) in [7, 11) is 0. The minimum absolute atomic E-state index is 0.145. The standard InChI is InChI=1S/C17H26N2O/c1-17(2,11-13-7-4-3-5-8-13)16(20)19-15-10-6-9-14(15)12-18/h3-5,7-8,14-15H,6,9-12,18H2,1-2H3,(H,19,20). The van der Waals surface area contributed by atoms with Gasteiger partial charge in [-0.15, -0.1) is 0 Å². The van der Waals surface area contributed by atoms with E-state index in [4.69, 9.17) is 5.73 Å². The van der Waals surface area contributed by atoms with E-state index in [2.05, 4.69) is 17.4 Å². The Hall–Kier alpha value is -1.35. The maximum absolute atomic E-state index is 12.5. The smallest absolute Gasteiger partial charge is 0.226 e. The molecule has 1 fully saturated rings. The zero-order valence-electron chi connectivity index (χ0n) is 12.6. The third-order valence-corrected chi connectivity index (χ3v) is 4.38. The van der Waals surface area contributed by atoms with Crippen LogP contribution in [0.3, 0.4) is 0 Å². The molecule has 3 nitrogen and oxygen atoms in total. The Morgan fingerprint density at radius 1 is 1.30 bits per heavy atom. The molecule has 2 atom stereocenters. The third-order valence-electron chi connectivity index (χ3n) is 4.38. The lowest BCUT2D eigenvalue weighted by molar-refractivity contribution is -0.130.